The van der Waals surface area contributed by atoms with Gasteiger partial charge in [0.25, 0.3) is 0 Å². The fraction of sp³-hybridized carbons (Fsp3) is 0.286. The zero-order valence-electron chi connectivity index (χ0n) is 15.9. The molecule has 1 amide bonds. The summed E-state index contributed by atoms with van der Waals surface area (Å²) < 4.78 is 2.13. The van der Waals surface area contributed by atoms with Crippen molar-refractivity contribution in [2.24, 2.45) is 0 Å². The van der Waals surface area contributed by atoms with Crippen molar-refractivity contribution < 1.29 is 4.79 Å². The molecule has 0 saturated heterocycles. The van der Waals surface area contributed by atoms with Gasteiger partial charge in [0, 0.05) is 11.6 Å². The van der Waals surface area contributed by atoms with Gasteiger partial charge in [-0.05, 0) is 37.1 Å². The van der Waals surface area contributed by atoms with Crippen molar-refractivity contribution in [3.63, 3.8) is 0 Å². The van der Waals surface area contributed by atoms with Crippen LogP contribution in [0.5, 0.6) is 0 Å². The van der Waals surface area contributed by atoms with Crippen LogP contribution in [0.1, 0.15) is 31.7 Å². The zero-order valence-corrected chi connectivity index (χ0v) is 19.0. The lowest BCUT2D eigenvalue weighted by Crippen LogP contribution is -2.16. The van der Waals surface area contributed by atoms with Crippen molar-refractivity contribution in [3.05, 3.63) is 57.5 Å². The molecule has 2 aromatic carbocycles. The number of para-hydroxylation sites is 1. The lowest BCUT2D eigenvalue weighted by atomic mass is 10.2. The van der Waals surface area contributed by atoms with E-state index in [0.717, 1.165) is 24.2 Å². The number of aromatic nitrogens is 3. The highest BCUT2D eigenvalue weighted by Crippen LogP contribution is 2.38. The number of hydrogen-bond acceptors (Lipinski definition) is 4. The van der Waals surface area contributed by atoms with Crippen LogP contribution < -0.4 is 5.32 Å². The van der Waals surface area contributed by atoms with Gasteiger partial charge in [0.1, 0.15) is 0 Å². The maximum absolute atomic E-state index is 12.5. The molecule has 0 radical (unpaired) electrons. The Kier molecular flexibility index (Phi) is 6.88. The standard InChI is InChI=1S/C21H19Cl3N4OS/c22-15-9-4-3-8-14(15)20-26-27-21(28(20)13-6-1-2-7-13)30-12-18(29)25-19-16(23)10-5-11-17(19)24/h3-5,8-11,13H,1-2,6-7,12H2,(H,25,29). The predicted molar refractivity (Wildman–Crippen MR) is 124 cm³/mol. The third-order valence-corrected chi connectivity index (χ3v) is 6.93. The zero-order chi connectivity index (χ0) is 21.1. The third-order valence-electron chi connectivity index (χ3n) is 5.03. The van der Waals surface area contributed by atoms with Crippen LogP contribution in [-0.4, -0.2) is 26.4 Å². The van der Waals surface area contributed by atoms with E-state index in [0.29, 0.717) is 32.0 Å². The van der Waals surface area contributed by atoms with E-state index in [1.165, 1.54) is 24.6 Å². The lowest BCUT2D eigenvalue weighted by Gasteiger charge is -2.17. The van der Waals surface area contributed by atoms with Crippen LogP contribution in [0.3, 0.4) is 0 Å². The topological polar surface area (TPSA) is 59.8 Å². The van der Waals surface area contributed by atoms with Gasteiger partial charge in [-0.3, -0.25) is 9.36 Å². The summed E-state index contributed by atoms with van der Waals surface area (Å²) in [5, 5.41) is 13.7. The maximum atomic E-state index is 12.5. The Bertz CT molecular complexity index is 1050. The molecule has 1 heterocycles. The number of rotatable bonds is 6. The first-order valence-corrected chi connectivity index (χ1v) is 11.7. The SMILES string of the molecule is O=C(CSc1nnc(-c2ccccc2Cl)n1C1CCCC1)Nc1c(Cl)cccc1Cl. The van der Waals surface area contributed by atoms with Crippen molar-refractivity contribution in [2.45, 2.75) is 36.9 Å². The van der Waals surface area contributed by atoms with Crippen LogP contribution in [0.2, 0.25) is 15.1 Å². The normalized spacial score (nSPS) is 14.2. The fourth-order valence-corrected chi connectivity index (χ4v) is 5.13. The Balaban J connectivity index is 1.55. The van der Waals surface area contributed by atoms with E-state index < -0.39 is 0 Å². The molecule has 0 aliphatic heterocycles. The van der Waals surface area contributed by atoms with Crippen molar-refractivity contribution in [1.82, 2.24) is 14.8 Å². The highest BCUT2D eigenvalue weighted by atomic mass is 35.5. The molecule has 1 fully saturated rings. The Morgan fingerprint density at radius 2 is 1.67 bits per heavy atom. The van der Waals surface area contributed by atoms with Gasteiger partial charge in [-0.2, -0.15) is 0 Å². The van der Waals surface area contributed by atoms with E-state index in [2.05, 4.69) is 20.1 Å². The lowest BCUT2D eigenvalue weighted by molar-refractivity contribution is -0.113. The van der Waals surface area contributed by atoms with E-state index in [1.807, 2.05) is 24.3 Å². The van der Waals surface area contributed by atoms with Gasteiger partial charge in [-0.1, -0.05) is 77.6 Å². The minimum Gasteiger partial charge on any atom is -0.323 e. The smallest absolute Gasteiger partial charge is 0.234 e. The highest BCUT2D eigenvalue weighted by Gasteiger charge is 2.26. The molecule has 9 heteroatoms. The first-order valence-electron chi connectivity index (χ1n) is 9.61. The van der Waals surface area contributed by atoms with Gasteiger partial charge >= 0.3 is 0 Å². The van der Waals surface area contributed by atoms with E-state index in [9.17, 15) is 4.79 Å². The molecular weight excluding hydrogens is 463 g/mol. The van der Waals surface area contributed by atoms with E-state index >= 15 is 0 Å². The number of hydrogen-bond donors (Lipinski definition) is 1. The van der Waals surface area contributed by atoms with E-state index in [-0.39, 0.29) is 11.7 Å². The summed E-state index contributed by atoms with van der Waals surface area (Å²) in [5.74, 6) is 0.689. The molecular formula is C21H19Cl3N4OS. The largest absolute Gasteiger partial charge is 0.323 e. The molecule has 1 N–H and O–H groups in total. The number of thioether (sulfide) groups is 1. The second kappa shape index (κ2) is 9.60. The van der Waals surface area contributed by atoms with Crippen molar-refractivity contribution in [3.8, 4) is 11.4 Å². The molecule has 0 unspecified atom stereocenters. The third kappa shape index (κ3) is 4.62. The van der Waals surface area contributed by atoms with Crippen LogP contribution in [0.15, 0.2) is 47.6 Å². The number of benzene rings is 2. The molecule has 4 rings (SSSR count). The molecule has 1 aliphatic rings. The molecule has 0 atom stereocenters. The van der Waals surface area contributed by atoms with Crippen molar-refractivity contribution in [2.75, 3.05) is 11.1 Å². The fourth-order valence-electron chi connectivity index (χ4n) is 3.62. The maximum Gasteiger partial charge on any atom is 0.234 e. The van der Waals surface area contributed by atoms with Gasteiger partial charge < -0.3 is 5.32 Å². The summed E-state index contributed by atoms with van der Waals surface area (Å²) in [6.45, 7) is 0. The van der Waals surface area contributed by atoms with Gasteiger partial charge in [-0.15, -0.1) is 10.2 Å². The monoisotopic (exact) mass is 480 g/mol. The molecule has 1 aromatic heterocycles. The minimum absolute atomic E-state index is 0.162. The number of amides is 1. The van der Waals surface area contributed by atoms with Gasteiger partial charge in [0.05, 0.1) is 26.5 Å². The minimum atomic E-state index is -0.213. The molecule has 3 aromatic rings. The second-order valence-electron chi connectivity index (χ2n) is 7.03. The van der Waals surface area contributed by atoms with Gasteiger partial charge in [-0.25, -0.2) is 0 Å². The molecule has 5 nitrogen and oxygen atoms in total. The summed E-state index contributed by atoms with van der Waals surface area (Å²) in [6, 6.07) is 13.0. The average Bonchev–Trinajstić information content (AvgIpc) is 3.39. The summed E-state index contributed by atoms with van der Waals surface area (Å²) in [4.78, 5) is 12.5. The summed E-state index contributed by atoms with van der Waals surface area (Å²) in [5.41, 5.74) is 1.26. The number of anilines is 1. The number of carbonyl (C=O) groups is 1. The highest BCUT2D eigenvalue weighted by molar-refractivity contribution is 7.99. The average molecular weight is 482 g/mol. The first-order chi connectivity index (χ1) is 14.5. The van der Waals surface area contributed by atoms with Crippen LogP contribution in [-0.2, 0) is 4.79 Å². The second-order valence-corrected chi connectivity index (χ2v) is 9.19. The van der Waals surface area contributed by atoms with Gasteiger partial charge in [0.15, 0.2) is 11.0 Å². The summed E-state index contributed by atoms with van der Waals surface area (Å²) >= 11 is 20.0. The molecule has 1 aliphatic carbocycles. The van der Waals surface area contributed by atoms with Gasteiger partial charge in [0.2, 0.25) is 5.91 Å². The van der Waals surface area contributed by atoms with Crippen LogP contribution >= 0.6 is 46.6 Å². The molecule has 1 saturated carbocycles. The molecule has 156 valence electrons. The number of nitrogens with one attached hydrogen (secondary N) is 1. The molecule has 0 bridgehead atoms. The number of halogens is 3. The van der Waals surface area contributed by atoms with E-state index in [4.69, 9.17) is 34.8 Å². The first kappa shape index (κ1) is 21.5. The molecule has 0 spiro atoms. The number of carbonyl (C=O) groups excluding carboxylic acids is 1. The molecule has 30 heavy (non-hydrogen) atoms. The Hall–Kier alpha value is -1.73. The Morgan fingerprint density at radius 1 is 1.00 bits per heavy atom. The summed E-state index contributed by atoms with van der Waals surface area (Å²) in [6.07, 6.45) is 4.45. The van der Waals surface area contributed by atoms with Crippen molar-refractivity contribution in [1.29, 1.82) is 0 Å². The summed E-state index contributed by atoms with van der Waals surface area (Å²) in [7, 11) is 0. The quantitative estimate of drug-likeness (QED) is 0.395. The van der Waals surface area contributed by atoms with Crippen LogP contribution in [0.4, 0.5) is 5.69 Å². The van der Waals surface area contributed by atoms with Crippen LogP contribution in [0.25, 0.3) is 11.4 Å². The Morgan fingerprint density at radius 3 is 2.37 bits per heavy atom. The number of nitrogens with zero attached hydrogens (tertiary/aromatic N) is 3. The predicted octanol–water partition coefficient (Wildman–Crippen LogP) is 6.75. The Labute approximate surface area is 194 Å². The van der Waals surface area contributed by atoms with E-state index in [1.54, 1.807) is 18.2 Å². The van der Waals surface area contributed by atoms with Crippen molar-refractivity contribution >= 4 is 58.2 Å². The van der Waals surface area contributed by atoms with Crippen LogP contribution in [0, 0.1) is 0 Å².